The molecule has 4 rings (SSSR count). The van der Waals surface area contributed by atoms with Gasteiger partial charge >= 0.3 is 0 Å². The minimum atomic E-state index is -0.0944. The number of furan rings is 1. The first-order chi connectivity index (χ1) is 15.5. The predicted octanol–water partition coefficient (Wildman–Crippen LogP) is 2.41. The number of carbonyl (C=O) groups excluding carboxylic acids is 2. The molecular weight excluding hydrogens is 408 g/mol. The van der Waals surface area contributed by atoms with Crippen molar-refractivity contribution in [3.63, 3.8) is 0 Å². The zero-order valence-electron chi connectivity index (χ0n) is 18.3. The molecule has 1 fully saturated rings. The number of rotatable bonds is 6. The summed E-state index contributed by atoms with van der Waals surface area (Å²) in [6.07, 6.45) is 5.48. The van der Waals surface area contributed by atoms with Gasteiger partial charge in [0.25, 0.3) is 5.91 Å². The first kappa shape index (κ1) is 21.6. The van der Waals surface area contributed by atoms with Gasteiger partial charge in [-0.1, -0.05) is 0 Å². The molecule has 2 amide bonds. The van der Waals surface area contributed by atoms with Gasteiger partial charge in [0.2, 0.25) is 5.91 Å². The van der Waals surface area contributed by atoms with E-state index < -0.39 is 0 Å². The number of fused-ring (bicyclic) bond motifs is 1. The highest BCUT2D eigenvalue weighted by Gasteiger charge is 2.28. The lowest BCUT2D eigenvalue weighted by Crippen LogP contribution is -2.43. The number of aryl methyl sites for hydroxylation is 3. The van der Waals surface area contributed by atoms with E-state index in [-0.39, 0.29) is 17.7 Å². The number of nitriles is 1. The molecule has 0 radical (unpaired) electrons. The minimum absolute atomic E-state index is 0.0176. The van der Waals surface area contributed by atoms with Crippen molar-refractivity contribution in [2.45, 2.75) is 39.5 Å². The highest BCUT2D eigenvalue weighted by atomic mass is 16.3. The lowest BCUT2D eigenvalue weighted by Gasteiger charge is -2.31. The molecule has 1 aliphatic rings. The van der Waals surface area contributed by atoms with E-state index in [0.29, 0.717) is 67.8 Å². The number of aromatic nitrogens is 3. The fourth-order valence-corrected chi connectivity index (χ4v) is 4.18. The van der Waals surface area contributed by atoms with Gasteiger partial charge in [0.15, 0.2) is 5.65 Å². The van der Waals surface area contributed by atoms with Gasteiger partial charge in [-0.25, -0.2) is 9.50 Å². The molecule has 1 N–H and O–H groups in total. The highest BCUT2D eigenvalue weighted by molar-refractivity contribution is 5.94. The Morgan fingerprint density at radius 2 is 2.09 bits per heavy atom. The third-order valence-corrected chi connectivity index (χ3v) is 5.89. The van der Waals surface area contributed by atoms with Crippen LogP contribution in [-0.4, -0.2) is 50.9 Å². The van der Waals surface area contributed by atoms with Crippen molar-refractivity contribution < 1.29 is 14.0 Å². The summed E-state index contributed by atoms with van der Waals surface area (Å²) in [6, 6.07) is 5.81. The van der Waals surface area contributed by atoms with Crippen LogP contribution in [0.15, 0.2) is 29.1 Å². The Hall–Kier alpha value is -3.67. The summed E-state index contributed by atoms with van der Waals surface area (Å²) < 4.78 is 6.68. The van der Waals surface area contributed by atoms with Crippen molar-refractivity contribution in [2.75, 3.05) is 19.6 Å². The van der Waals surface area contributed by atoms with Crippen molar-refractivity contribution in [1.82, 2.24) is 24.8 Å². The number of nitrogens with one attached hydrogen (secondary N) is 1. The molecule has 0 spiro atoms. The first-order valence-corrected chi connectivity index (χ1v) is 10.8. The third-order valence-electron chi connectivity index (χ3n) is 5.89. The van der Waals surface area contributed by atoms with Crippen LogP contribution in [0.1, 0.15) is 52.3 Å². The zero-order valence-corrected chi connectivity index (χ0v) is 18.3. The van der Waals surface area contributed by atoms with Gasteiger partial charge in [0.1, 0.15) is 17.9 Å². The smallest absolute Gasteiger partial charge is 0.257 e. The molecule has 0 unspecified atom stereocenters. The van der Waals surface area contributed by atoms with E-state index in [0.717, 1.165) is 11.4 Å². The number of piperidine rings is 1. The zero-order chi connectivity index (χ0) is 22.7. The average molecular weight is 435 g/mol. The molecule has 166 valence electrons. The van der Waals surface area contributed by atoms with Crippen molar-refractivity contribution in [2.24, 2.45) is 5.92 Å². The molecule has 0 aromatic carbocycles. The second kappa shape index (κ2) is 9.22. The van der Waals surface area contributed by atoms with E-state index in [1.165, 1.54) is 12.5 Å². The quantitative estimate of drug-likeness (QED) is 0.596. The lowest BCUT2D eigenvalue weighted by molar-refractivity contribution is -0.126. The minimum Gasteiger partial charge on any atom is -0.472 e. The lowest BCUT2D eigenvalue weighted by atomic mass is 9.95. The Morgan fingerprint density at radius 1 is 1.31 bits per heavy atom. The largest absolute Gasteiger partial charge is 0.472 e. The van der Waals surface area contributed by atoms with Crippen LogP contribution in [0, 0.1) is 31.1 Å². The summed E-state index contributed by atoms with van der Waals surface area (Å²) >= 11 is 0. The Kier molecular flexibility index (Phi) is 6.21. The van der Waals surface area contributed by atoms with E-state index in [4.69, 9.17) is 4.42 Å². The standard InChI is InChI=1S/C23H26N6O3/c1-15-12-16(2)29-21(26-15)19(13-24)20(27-29)4-3-8-25-22(30)17-5-9-28(10-6-17)23(31)18-7-11-32-14-18/h7,11-12,14,17H,3-6,8-10H2,1-2H3,(H,25,30). The molecule has 0 atom stereocenters. The molecule has 0 saturated carbocycles. The number of amides is 2. The maximum absolute atomic E-state index is 12.5. The van der Waals surface area contributed by atoms with Crippen molar-refractivity contribution in [3.8, 4) is 6.07 Å². The van der Waals surface area contributed by atoms with Crippen LogP contribution in [0.25, 0.3) is 5.65 Å². The third kappa shape index (κ3) is 4.35. The summed E-state index contributed by atoms with van der Waals surface area (Å²) in [6.45, 7) is 5.46. The fraction of sp³-hybridized carbons (Fsp3) is 0.435. The van der Waals surface area contributed by atoms with Gasteiger partial charge < -0.3 is 14.6 Å². The molecular formula is C23H26N6O3. The maximum Gasteiger partial charge on any atom is 0.257 e. The molecule has 3 aromatic rings. The molecule has 0 aliphatic carbocycles. The van der Waals surface area contributed by atoms with Gasteiger partial charge in [0, 0.05) is 36.9 Å². The van der Waals surface area contributed by atoms with Gasteiger partial charge in [0.05, 0.1) is 17.5 Å². The van der Waals surface area contributed by atoms with Crippen molar-refractivity contribution in [1.29, 1.82) is 5.26 Å². The molecule has 9 heteroatoms. The Labute approximate surface area is 186 Å². The van der Waals surface area contributed by atoms with Gasteiger partial charge in [-0.15, -0.1) is 0 Å². The van der Waals surface area contributed by atoms with E-state index in [2.05, 4.69) is 21.5 Å². The van der Waals surface area contributed by atoms with Crippen molar-refractivity contribution >= 4 is 17.5 Å². The normalized spacial score (nSPS) is 14.5. The monoisotopic (exact) mass is 434 g/mol. The highest BCUT2D eigenvalue weighted by Crippen LogP contribution is 2.20. The SMILES string of the molecule is Cc1cc(C)n2nc(CCCNC(=O)C3CCN(C(=O)c4ccoc4)CC3)c(C#N)c2n1. The second-order valence-corrected chi connectivity index (χ2v) is 8.18. The van der Waals surface area contributed by atoms with Crippen LogP contribution in [0.5, 0.6) is 0 Å². The average Bonchev–Trinajstić information content (AvgIpc) is 3.44. The number of hydrogen-bond donors (Lipinski definition) is 1. The van der Waals surface area contributed by atoms with E-state index in [1.807, 2.05) is 19.9 Å². The fourth-order valence-electron chi connectivity index (χ4n) is 4.18. The van der Waals surface area contributed by atoms with Crippen LogP contribution in [0.3, 0.4) is 0 Å². The molecule has 4 heterocycles. The number of nitrogens with zero attached hydrogens (tertiary/aromatic N) is 5. The van der Waals surface area contributed by atoms with E-state index in [9.17, 15) is 14.9 Å². The Balaban J connectivity index is 1.26. The topological polar surface area (TPSA) is 117 Å². The summed E-state index contributed by atoms with van der Waals surface area (Å²) in [7, 11) is 0. The Morgan fingerprint density at radius 3 is 2.78 bits per heavy atom. The molecule has 9 nitrogen and oxygen atoms in total. The summed E-state index contributed by atoms with van der Waals surface area (Å²) in [4.78, 5) is 31.1. The molecule has 1 saturated heterocycles. The van der Waals surface area contributed by atoms with Crippen LogP contribution >= 0.6 is 0 Å². The molecule has 3 aromatic heterocycles. The van der Waals surface area contributed by atoms with Gasteiger partial charge in [-0.3, -0.25) is 9.59 Å². The summed E-state index contributed by atoms with van der Waals surface area (Å²) in [5.74, 6) is -0.134. The Bertz CT molecular complexity index is 1170. The predicted molar refractivity (Wildman–Crippen MR) is 116 cm³/mol. The molecule has 32 heavy (non-hydrogen) atoms. The van der Waals surface area contributed by atoms with Crippen molar-refractivity contribution in [3.05, 3.63) is 52.9 Å². The van der Waals surface area contributed by atoms with E-state index in [1.54, 1.807) is 15.5 Å². The van der Waals surface area contributed by atoms with Gasteiger partial charge in [-0.05, 0) is 51.7 Å². The number of carbonyl (C=O) groups is 2. The second-order valence-electron chi connectivity index (χ2n) is 8.18. The number of likely N-dealkylation sites (tertiary alicyclic amines) is 1. The van der Waals surface area contributed by atoms with Gasteiger partial charge in [-0.2, -0.15) is 10.4 Å². The number of hydrogen-bond acceptors (Lipinski definition) is 6. The maximum atomic E-state index is 12.5. The van der Waals surface area contributed by atoms with Crippen LogP contribution in [-0.2, 0) is 11.2 Å². The summed E-state index contributed by atoms with van der Waals surface area (Å²) in [5, 5.41) is 17.1. The van der Waals surface area contributed by atoms with Crippen LogP contribution < -0.4 is 5.32 Å². The molecule has 1 aliphatic heterocycles. The molecule has 0 bridgehead atoms. The summed E-state index contributed by atoms with van der Waals surface area (Å²) in [5.41, 5.74) is 4.11. The van der Waals surface area contributed by atoms with E-state index >= 15 is 0 Å². The van der Waals surface area contributed by atoms with Crippen LogP contribution in [0.2, 0.25) is 0 Å². The van der Waals surface area contributed by atoms with Crippen LogP contribution in [0.4, 0.5) is 0 Å². The first-order valence-electron chi connectivity index (χ1n) is 10.8.